The second-order valence-corrected chi connectivity index (χ2v) is 3.63. The highest BCUT2D eigenvalue weighted by Crippen LogP contribution is 2.22. The number of hydrogen-bond donors (Lipinski definition) is 1. The molecule has 1 aromatic heterocycles. The van der Waals surface area contributed by atoms with Crippen molar-refractivity contribution in [3.8, 4) is 11.1 Å². The molecular formula is C13H15NO2. The molecule has 1 N–H and O–H groups in total. The van der Waals surface area contributed by atoms with Crippen LogP contribution in [0.25, 0.3) is 11.1 Å². The van der Waals surface area contributed by atoms with E-state index in [2.05, 4.69) is 0 Å². The molecule has 0 unspecified atom stereocenters. The summed E-state index contributed by atoms with van der Waals surface area (Å²) in [6.07, 6.45) is 1.99. The number of methoxy groups -OCH3 is 1. The third-order valence-electron chi connectivity index (χ3n) is 2.52. The van der Waals surface area contributed by atoms with E-state index < -0.39 is 0 Å². The summed E-state index contributed by atoms with van der Waals surface area (Å²) >= 11 is 0. The van der Waals surface area contributed by atoms with Gasteiger partial charge in [-0.25, -0.2) is 0 Å². The van der Waals surface area contributed by atoms with Crippen molar-refractivity contribution < 1.29 is 9.84 Å². The first kappa shape index (κ1) is 10.9. The molecule has 3 nitrogen and oxygen atoms in total. The first-order valence-electron chi connectivity index (χ1n) is 5.19. The Balaban J connectivity index is 2.36. The number of ether oxygens (including phenoxy) is 1. The molecule has 1 aromatic carbocycles. The Labute approximate surface area is 94.9 Å². The third-order valence-corrected chi connectivity index (χ3v) is 2.52. The molecule has 0 spiro atoms. The molecule has 0 saturated heterocycles. The molecule has 0 saturated carbocycles. The number of benzene rings is 1. The van der Waals surface area contributed by atoms with Gasteiger partial charge in [0.25, 0.3) is 0 Å². The molecule has 0 radical (unpaired) electrons. The summed E-state index contributed by atoms with van der Waals surface area (Å²) in [6.45, 7) is 0.485. The maximum absolute atomic E-state index is 9.23. The largest absolute Gasteiger partial charge is 0.390 e. The van der Waals surface area contributed by atoms with Crippen LogP contribution in [0, 0.1) is 0 Å². The van der Waals surface area contributed by atoms with Crippen LogP contribution in [0.4, 0.5) is 0 Å². The summed E-state index contributed by atoms with van der Waals surface area (Å²) in [4.78, 5) is 0. The Kier molecular flexibility index (Phi) is 3.39. The Morgan fingerprint density at radius 2 is 1.94 bits per heavy atom. The van der Waals surface area contributed by atoms with Gasteiger partial charge in [0.2, 0.25) is 0 Å². The van der Waals surface area contributed by atoms with Crippen LogP contribution < -0.4 is 0 Å². The van der Waals surface area contributed by atoms with Gasteiger partial charge in [0.05, 0.1) is 6.61 Å². The van der Waals surface area contributed by atoms with E-state index in [1.807, 2.05) is 47.2 Å². The van der Waals surface area contributed by atoms with Gasteiger partial charge in [-0.2, -0.15) is 0 Å². The lowest BCUT2D eigenvalue weighted by Gasteiger charge is -2.04. The summed E-state index contributed by atoms with van der Waals surface area (Å²) in [5, 5.41) is 9.23. The summed E-state index contributed by atoms with van der Waals surface area (Å²) in [5.74, 6) is 0. The fourth-order valence-corrected chi connectivity index (χ4v) is 1.73. The van der Waals surface area contributed by atoms with Gasteiger partial charge in [0.1, 0.15) is 6.73 Å². The van der Waals surface area contributed by atoms with Crippen molar-refractivity contribution >= 4 is 0 Å². The van der Waals surface area contributed by atoms with Crippen molar-refractivity contribution in [3.05, 3.63) is 48.3 Å². The highest BCUT2D eigenvalue weighted by molar-refractivity contribution is 5.63. The Bertz CT molecular complexity index is 448. The maximum Gasteiger partial charge on any atom is 0.122 e. The van der Waals surface area contributed by atoms with Crippen molar-refractivity contribution in [1.29, 1.82) is 0 Å². The molecule has 1 heterocycles. The van der Waals surface area contributed by atoms with E-state index in [4.69, 9.17) is 4.74 Å². The number of nitrogens with zero attached hydrogens (tertiary/aromatic N) is 1. The molecule has 2 aromatic rings. The number of aliphatic hydroxyl groups is 1. The highest BCUT2D eigenvalue weighted by Gasteiger charge is 2.05. The van der Waals surface area contributed by atoms with Crippen molar-refractivity contribution in [1.82, 2.24) is 4.57 Å². The van der Waals surface area contributed by atoms with Gasteiger partial charge in [-0.3, -0.25) is 0 Å². The lowest BCUT2D eigenvalue weighted by molar-refractivity contribution is 0.124. The van der Waals surface area contributed by atoms with Crippen LogP contribution in [0.5, 0.6) is 0 Å². The first-order valence-corrected chi connectivity index (χ1v) is 5.19. The molecule has 0 atom stereocenters. The quantitative estimate of drug-likeness (QED) is 0.852. The molecular weight excluding hydrogens is 202 g/mol. The standard InChI is InChI=1S/C13H15NO2/c1-16-10-14-8-12(7-13(14)9-15)11-5-3-2-4-6-11/h2-8,15H,9-10H2,1H3. The van der Waals surface area contributed by atoms with Crippen molar-refractivity contribution in [2.75, 3.05) is 7.11 Å². The molecule has 0 bridgehead atoms. The summed E-state index contributed by atoms with van der Waals surface area (Å²) in [6, 6.07) is 12.1. The van der Waals surface area contributed by atoms with E-state index in [1.165, 1.54) is 0 Å². The van der Waals surface area contributed by atoms with Crippen LogP contribution in [0.1, 0.15) is 5.69 Å². The summed E-state index contributed by atoms with van der Waals surface area (Å²) in [7, 11) is 1.64. The smallest absolute Gasteiger partial charge is 0.122 e. The fraction of sp³-hybridized carbons (Fsp3) is 0.231. The number of aromatic nitrogens is 1. The number of rotatable bonds is 4. The van der Waals surface area contributed by atoms with E-state index in [0.29, 0.717) is 6.73 Å². The van der Waals surface area contributed by atoms with E-state index in [1.54, 1.807) is 7.11 Å². The molecule has 0 aliphatic rings. The van der Waals surface area contributed by atoms with Crippen LogP contribution in [-0.4, -0.2) is 16.8 Å². The van der Waals surface area contributed by atoms with E-state index in [9.17, 15) is 5.11 Å². The average molecular weight is 217 g/mol. The van der Waals surface area contributed by atoms with Gasteiger partial charge in [-0.05, 0) is 17.2 Å². The van der Waals surface area contributed by atoms with Crippen LogP contribution in [0.3, 0.4) is 0 Å². The molecule has 0 aliphatic carbocycles. The summed E-state index contributed by atoms with van der Waals surface area (Å²) in [5.41, 5.74) is 3.11. The zero-order chi connectivity index (χ0) is 11.4. The van der Waals surface area contributed by atoms with Crippen LogP contribution in [-0.2, 0) is 18.1 Å². The zero-order valence-electron chi connectivity index (χ0n) is 9.26. The fourth-order valence-electron chi connectivity index (χ4n) is 1.73. The maximum atomic E-state index is 9.23. The van der Waals surface area contributed by atoms with E-state index in [0.717, 1.165) is 16.8 Å². The van der Waals surface area contributed by atoms with E-state index in [-0.39, 0.29) is 6.61 Å². The second-order valence-electron chi connectivity index (χ2n) is 3.63. The minimum Gasteiger partial charge on any atom is -0.390 e. The monoisotopic (exact) mass is 217 g/mol. The molecule has 84 valence electrons. The van der Waals surface area contributed by atoms with E-state index >= 15 is 0 Å². The normalized spacial score (nSPS) is 10.6. The van der Waals surface area contributed by atoms with Gasteiger partial charge in [0.15, 0.2) is 0 Å². The minimum absolute atomic E-state index is 0.0240. The number of hydrogen-bond acceptors (Lipinski definition) is 2. The van der Waals surface area contributed by atoms with Crippen molar-refractivity contribution in [2.24, 2.45) is 0 Å². The van der Waals surface area contributed by atoms with Crippen LogP contribution in [0.2, 0.25) is 0 Å². The van der Waals surface area contributed by atoms with Crippen molar-refractivity contribution in [3.63, 3.8) is 0 Å². The predicted octanol–water partition coefficient (Wildman–Crippen LogP) is 2.25. The molecule has 2 rings (SSSR count). The second kappa shape index (κ2) is 4.96. The lowest BCUT2D eigenvalue weighted by Crippen LogP contribution is -2.02. The molecule has 0 fully saturated rings. The topological polar surface area (TPSA) is 34.4 Å². The number of aliphatic hydroxyl groups excluding tert-OH is 1. The van der Waals surface area contributed by atoms with Crippen molar-refractivity contribution in [2.45, 2.75) is 13.3 Å². The van der Waals surface area contributed by atoms with Gasteiger partial charge >= 0.3 is 0 Å². The zero-order valence-corrected chi connectivity index (χ0v) is 9.26. The van der Waals surface area contributed by atoms with Gasteiger partial charge in [-0.15, -0.1) is 0 Å². The van der Waals surface area contributed by atoms with Gasteiger partial charge in [0, 0.05) is 19.0 Å². The average Bonchev–Trinajstić information content (AvgIpc) is 2.74. The molecule has 0 aliphatic heterocycles. The highest BCUT2D eigenvalue weighted by atomic mass is 16.5. The van der Waals surface area contributed by atoms with Gasteiger partial charge in [-0.1, -0.05) is 30.3 Å². The Morgan fingerprint density at radius 3 is 2.56 bits per heavy atom. The molecule has 3 heteroatoms. The minimum atomic E-state index is 0.0240. The Hall–Kier alpha value is -1.58. The summed E-state index contributed by atoms with van der Waals surface area (Å²) < 4.78 is 6.98. The molecule has 16 heavy (non-hydrogen) atoms. The van der Waals surface area contributed by atoms with Crippen LogP contribution >= 0.6 is 0 Å². The SMILES string of the molecule is COCn1cc(-c2ccccc2)cc1CO. The predicted molar refractivity (Wildman–Crippen MR) is 62.8 cm³/mol. The van der Waals surface area contributed by atoms with Crippen LogP contribution in [0.15, 0.2) is 42.6 Å². The lowest BCUT2D eigenvalue weighted by atomic mass is 10.1. The van der Waals surface area contributed by atoms with Gasteiger partial charge < -0.3 is 14.4 Å². The Morgan fingerprint density at radius 1 is 1.19 bits per heavy atom. The molecule has 0 amide bonds. The first-order chi connectivity index (χ1) is 7.85. The third kappa shape index (κ3) is 2.15.